The molecule has 1 aromatic heterocycles. The molecule has 5 heteroatoms. The standard InChI is InChI=1S/C18H23N3O2/c1-2-21(14-8-4-3-5-9-14)17(22)12-20-13-19-16-11-7-6-10-15(16)18(20)23/h6-7,10-11,13-14H,2-5,8-9,12H2,1H3. The van der Waals surface area contributed by atoms with Gasteiger partial charge in [0.2, 0.25) is 5.91 Å². The van der Waals surface area contributed by atoms with E-state index in [1.54, 1.807) is 6.07 Å². The minimum Gasteiger partial charge on any atom is -0.338 e. The van der Waals surface area contributed by atoms with E-state index in [0.29, 0.717) is 23.5 Å². The van der Waals surface area contributed by atoms with E-state index in [-0.39, 0.29) is 18.0 Å². The van der Waals surface area contributed by atoms with Gasteiger partial charge in [0.15, 0.2) is 0 Å². The second-order valence-corrected chi connectivity index (χ2v) is 6.17. The predicted octanol–water partition coefficient (Wildman–Crippen LogP) is 2.58. The summed E-state index contributed by atoms with van der Waals surface area (Å²) in [5, 5.41) is 0.559. The van der Waals surface area contributed by atoms with Crippen LogP contribution in [-0.4, -0.2) is 32.9 Å². The van der Waals surface area contributed by atoms with Gasteiger partial charge in [-0.1, -0.05) is 31.4 Å². The van der Waals surface area contributed by atoms with Crippen LogP contribution in [0.25, 0.3) is 10.9 Å². The molecule has 122 valence electrons. The number of amides is 1. The number of hydrogen-bond donors (Lipinski definition) is 0. The van der Waals surface area contributed by atoms with Crippen molar-refractivity contribution in [3.05, 3.63) is 40.9 Å². The average molecular weight is 313 g/mol. The Morgan fingerprint density at radius 2 is 2.00 bits per heavy atom. The first-order chi connectivity index (χ1) is 11.2. The molecular weight excluding hydrogens is 290 g/mol. The summed E-state index contributed by atoms with van der Waals surface area (Å²) in [7, 11) is 0. The summed E-state index contributed by atoms with van der Waals surface area (Å²) in [6.07, 6.45) is 7.26. The van der Waals surface area contributed by atoms with Gasteiger partial charge in [0.1, 0.15) is 6.54 Å². The van der Waals surface area contributed by atoms with Crippen LogP contribution in [0.1, 0.15) is 39.0 Å². The smallest absolute Gasteiger partial charge is 0.261 e. The third kappa shape index (κ3) is 3.28. The molecule has 1 heterocycles. The summed E-state index contributed by atoms with van der Waals surface area (Å²) in [5.41, 5.74) is 0.518. The average Bonchev–Trinajstić information content (AvgIpc) is 2.59. The fourth-order valence-electron chi connectivity index (χ4n) is 3.49. The number of carbonyl (C=O) groups excluding carboxylic acids is 1. The highest BCUT2D eigenvalue weighted by atomic mass is 16.2. The molecule has 0 aliphatic heterocycles. The zero-order valence-electron chi connectivity index (χ0n) is 13.6. The number of likely N-dealkylation sites (N-methyl/N-ethyl adjacent to an activating group) is 1. The molecule has 0 bridgehead atoms. The lowest BCUT2D eigenvalue weighted by Crippen LogP contribution is -2.44. The van der Waals surface area contributed by atoms with Crippen LogP contribution in [0.4, 0.5) is 0 Å². The van der Waals surface area contributed by atoms with E-state index >= 15 is 0 Å². The number of nitrogens with zero attached hydrogens (tertiary/aromatic N) is 3. The number of rotatable bonds is 4. The lowest BCUT2D eigenvalue weighted by atomic mass is 9.94. The molecule has 0 N–H and O–H groups in total. The number of fused-ring (bicyclic) bond motifs is 1. The van der Waals surface area contributed by atoms with Crippen molar-refractivity contribution >= 4 is 16.8 Å². The van der Waals surface area contributed by atoms with Crippen LogP contribution >= 0.6 is 0 Å². The first-order valence-corrected chi connectivity index (χ1v) is 8.44. The van der Waals surface area contributed by atoms with E-state index in [9.17, 15) is 9.59 Å². The highest BCUT2D eigenvalue weighted by Crippen LogP contribution is 2.22. The first-order valence-electron chi connectivity index (χ1n) is 8.44. The van der Waals surface area contributed by atoms with E-state index in [0.717, 1.165) is 12.8 Å². The number of carbonyl (C=O) groups is 1. The molecule has 0 unspecified atom stereocenters. The quantitative estimate of drug-likeness (QED) is 0.872. The summed E-state index contributed by atoms with van der Waals surface area (Å²) in [6.45, 7) is 2.77. The summed E-state index contributed by atoms with van der Waals surface area (Å²) in [5.74, 6) is 0.0126. The van der Waals surface area contributed by atoms with Crippen molar-refractivity contribution in [3.8, 4) is 0 Å². The van der Waals surface area contributed by atoms with Gasteiger partial charge in [-0.05, 0) is 31.9 Å². The predicted molar refractivity (Wildman–Crippen MR) is 90.3 cm³/mol. The van der Waals surface area contributed by atoms with Gasteiger partial charge in [-0.2, -0.15) is 0 Å². The first kappa shape index (κ1) is 15.7. The topological polar surface area (TPSA) is 55.2 Å². The van der Waals surface area contributed by atoms with Crippen LogP contribution in [0.3, 0.4) is 0 Å². The number of aromatic nitrogens is 2. The maximum Gasteiger partial charge on any atom is 0.261 e. The maximum atomic E-state index is 12.7. The Kier molecular flexibility index (Phi) is 4.74. The Labute approximate surface area is 135 Å². The molecule has 0 saturated heterocycles. The number of hydrogen-bond acceptors (Lipinski definition) is 3. The second-order valence-electron chi connectivity index (χ2n) is 6.17. The third-order valence-corrected chi connectivity index (χ3v) is 4.71. The third-order valence-electron chi connectivity index (χ3n) is 4.71. The number of para-hydroxylation sites is 1. The molecule has 1 aromatic carbocycles. The van der Waals surface area contributed by atoms with Gasteiger partial charge in [0, 0.05) is 12.6 Å². The molecular formula is C18H23N3O2. The number of benzene rings is 1. The fraction of sp³-hybridized carbons (Fsp3) is 0.500. The van der Waals surface area contributed by atoms with E-state index in [1.807, 2.05) is 30.0 Å². The van der Waals surface area contributed by atoms with Crippen molar-refractivity contribution in [3.63, 3.8) is 0 Å². The van der Waals surface area contributed by atoms with E-state index in [2.05, 4.69) is 4.98 Å². The van der Waals surface area contributed by atoms with E-state index in [4.69, 9.17) is 0 Å². The van der Waals surface area contributed by atoms with Gasteiger partial charge in [0.25, 0.3) is 5.56 Å². The molecule has 1 amide bonds. The Hall–Kier alpha value is -2.17. The Balaban J connectivity index is 1.81. The summed E-state index contributed by atoms with van der Waals surface area (Å²) >= 11 is 0. The minimum atomic E-state index is -0.149. The van der Waals surface area contributed by atoms with Gasteiger partial charge in [-0.25, -0.2) is 4.98 Å². The van der Waals surface area contributed by atoms with Gasteiger partial charge >= 0.3 is 0 Å². The highest BCUT2D eigenvalue weighted by molar-refractivity contribution is 5.79. The van der Waals surface area contributed by atoms with E-state index in [1.165, 1.54) is 30.2 Å². The van der Waals surface area contributed by atoms with E-state index < -0.39 is 0 Å². The molecule has 1 aliphatic carbocycles. The molecule has 2 aromatic rings. The largest absolute Gasteiger partial charge is 0.338 e. The monoisotopic (exact) mass is 313 g/mol. The second kappa shape index (κ2) is 6.94. The van der Waals surface area contributed by atoms with Crippen LogP contribution < -0.4 is 5.56 Å². The molecule has 0 atom stereocenters. The van der Waals surface area contributed by atoms with Gasteiger partial charge in [-0.3, -0.25) is 14.2 Å². The molecule has 0 radical (unpaired) electrons. The minimum absolute atomic E-state index is 0.0126. The molecule has 0 spiro atoms. The normalized spacial score (nSPS) is 15.7. The molecule has 3 rings (SSSR count). The van der Waals surface area contributed by atoms with Crippen LogP contribution in [0, 0.1) is 0 Å². The summed E-state index contributed by atoms with van der Waals surface area (Å²) < 4.78 is 1.43. The Bertz CT molecular complexity index is 747. The SMILES string of the molecule is CCN(C(=O)Cn1cnc2ccccc2c1=O)C1CCCCC1. The van der Waals surface area contributed by atoms with Crippen molar-refractivity contribution in [2.75, 3.05) is 6.54 Å². The lowest BCUT2D eigenvalue weighted by Gasteiger charge is -2.33. The van der Waals surface area contributed by atoms with Crippen molar-refractivity contribution < 1.29 is 4.79 Å². The molecule has 1 saturated carbocycles. The zero-order chi connectivity index (χ0) is 16.2. The maximum absolute atomic E-state index is 12.7. The van der Waals surface area contributed by atoms with Crippen LogP contribution in [0.2, 0.25) is 0 Å². The highest BCUT2D eigenvalue weighted by Gasteiger charge is 2.24. The Morgan fingerprint density at radius 1 is 1.26 bits per heavy atom. The van der Waals surface area contributed by atoms with Gasteiger partial charge in [0.05, 0.1) is 17.2 Å². The van der Waals surface area contributed by atoms with Crippen LogP contribution in [0.5, 0.6) is 0 Å². The van der Waals surface area contributed by atoms with Crippen LogP contribution in [0.15, 0.2) is 35.4 Å². The van der Waals surface area contributed by atoms with Gasteiger partial charge < -0.3 is 4.90 Å². The van der Waals surface area contributed by atoms with Crippen molar-refractivity contribution in [2.45, 2.75) is 51.6 Å². The van der Waals surface area contributed by atoms with Gasteiger partial charge in [-0.15, -0.1) is 0 Å². The molecule has 5 nitrogen and oxygen atoms in total. The molecule has 1 fully saturated rings. The Morgan fingerprint density at radius 3 is 2.74 bits per heavy atom. The van der Waals surface area contributed by atoms with Crippen LogP contribution in [-0.2, 0) is 11.3 Å². The molecule has 23 heavy (non-hydrogen) atoms. The lowest BCUT2D eigenvalue weighted by molar-refractivity contribution is -0.134. The zero-order valence-corrected chi connectivity index (χ0v) is 13.6. The summed E-state index contributed by atoms with van der Waals surface area (Å²) in [4.78, 5) is 31.4. The fourth-order valence-corrected chi connectivity index (χ4v) is 3.49. The van der Waals surface area contributed by atoms with Crippen molar-refractivity contribution in [1.29, 1.82) is 0 Å². The summed E-state index contributed by atoms with van der Waals surface area (Å²) in [6, 6.07) is 7.56. The van der Waals surface area contributed by atoms with Crippen molar-refractivity contribution in [1.82, 2.24) is 14.5 Å². The van der Waals surface area contributed by atoms with Crippen molar-refractivity contribution in [2.24, 2.45) is 0 Å². The molecule has 1 aliphatic rings.